The molecule has 0 bridgehead atoms. The highest BCUT2D eigenvalue weighted by Crippen LogP contribution is 2.17. The van der Waals surface area contributed by atoms with E-state index in [4.69, 9.17) is 11.6 Å². The largest absolute Gasteiger partial charge is 0.187 e. The number of alkyl halides is 1. The standard InChI is InChI=1S/C7H15ClN2/c1-6(2,3)9-10-7(4,5)8/h1-5H3. The van der Waals surface area contributed by atoms with Gasteiger partial charge in [-0.2, -0.15) is 10.2 Å². The molecule has 0 N–H and O–H groups in total. The first kappa shape index (κ1) is 9.89. The predicted molar refractivity (Wildman–Crippen MR) is 44.5 cm³/mol. The molecular formula is C7H15ClN2. The molecule has 60 valence electrons. The molecule has 0 unspecified atom stereocenters. The van der Waals surface area contributed by atoms with Crippen LogP contribution in [0, 0.1) is 0 Å². The summed E-state index contributed by atoms with van der Waals surface area (Å²) in [7, 11) is 0. The third-order valence-electron chi connectivity index (χ3n) is 0.588. The van der Waals surface area contributed by atoms with Gasteiger partial charge >= 0.3 is 0 Å². The topological polar surface area (TPSA) is 24.7 Å². The van der Waals surface area contributed by atoms with Crippen LogP contribution in [0.5, 0.6) is 0 Å². The molecular weight excluding hydrogens is 148 g/mol. The van der Waals surface area contributed by atoms with E-state index >= 15 is 0 Å². The zero-order valence-corrected chi connectivity index (χ0v) is 8.03. The van der Waals surface area contributed by atoms with E-state index in [0.29, 0.717) is 0 Å². The lowest BCUT2D eigenvalue weighted by atomic mass is 10.1. The maximum atomic E-state index is 5.78. The minimum Gasteiger partial charge on any atom is -0.187 e. The molecule has 0 spiro atoms. The summed E-state index contributed by atoms with van der Waals surface area (Å²) in [5.74, 6) is 0. The third-order valence-corrected chi connectivity index (χ3v) is 0.663. The highest BCUT2D eigenvalue weighted by Gasteiger charge is 2.13. The molecule has 0 radical (unpaired) electrons. The summed E-state index contributed by atoms with van der Waals surface area (Å²) >= 11 is 5.78. The maximum Gasteiger partial charge on any atom is 0.149 e. The molecule has 0 heterocycles. The fourth-order valence-electron chi connectivity index (χ4n) is 0.269. The fraction of sp³-hybridized carbons (Fsp3) is 1.00. The third kappa shape index (κ3) is 7.89. The van der Waals surface area contributed by atoms with Gasteiger partial charge in [-0.05, 0) is 34.6 Å². The number of hydrogen-bond acceptors (Lipinski definition) is 2. The summed E-state index contributed by atoms with van der Waals surface area (Å²) in [4.78, 5) is -0.562. The average molecular weight is 163 g/mol. The SMILES string of the molecule is CC(C)(C)N=NC(C)(C)Cl. The van der Waals surface area contributed by atoms with Crippen molar-refractivity contribution < 1.29 is 0 Å². The van der Waals surface area contributed by atoms with Crippen LogP contribution in [0.2, 0.25) is 0 Å². The summed E-state index contributed by atoms with van der Waals surface area (Å²) < 4.78 is 0. The summed E-state index contributed by atoms with van der Waals surface area (Å²) in [6.45, 7) is 9.57. The molecule has 3 heteroatoms. The molecule has 0 aliphatic rings. The van der Waals surface area contributed by atoms with E-state index in [2.05, 4.69) is 10.2 Å². The van der Waals surface area contributed by atoms with Crippen LogP contribution >= 0.6 is 11.6 Å². The molecule has 0 amide bonds. The molecule has 0 atom stereocenters. The van der Waals surface area contributed by atoms with E-state index in [-0.39, 0.29) is 5.54 Å². The van der Waals surface area contributed by atoms with Gasteiger partial charge < -0.3 is 0 Å². The van der Waals surface area contributed by atoms with Gasteiger partial charge in [-0.15, -0.1) is 0 Å². The Morgan fingerprint density at radius 1 is 0.900 bits per heavy atom. The molecule has 0 rings (SSSR count). The maximum absolute atomic E-state index is 5.78. The van der Waals surface area contributed by atoms with Crippen LogP contribution < -0.4 is 0 Å². The minimum atomic E-state index is -0.562. The van der Waals surface area contributed by atoms with Crippen molar-refractivity contribution in [3.63, 3.8) is 0 Å². The zero-order valence-electron chi connectivity index (χ0n) is 7.27. The van der Waals surface area contributed by atoms with Gasteiger partial charge in [0.05, 0.1) is 5.54 Å². The molecule has 10 heavy (non-hydrogen) atoms. The van der Waals surface area contributed by atoms with Gasteiger partial charge in [-0.25, -0.2) is 0 Å². The number of hydrogen-bond donors (Lipinski definition) is 0. The number of rotatable bonds is 1. The fourth-order valence-corrected chi connectivity index (χ4v) is 0.307. The number of azo groups is 1. The van der Waals surface area contributed by atoms with Crippen LogP contribution in [-0.4, -0.2) is 10.5 Å². The highest BCUT2D eigenvalue weighted by molar-refractivity contribution is 6.23. The van der Waals surface area contributed by atoms with Gasteiger partial charge in [-0.3, -0.25) is 0 Å². The van der Waals surface area contributed by atoms with E-state index in [1.165, 1.54) is 0 Å². The normalized spacial score (nSPS) is 14.6. The first-order valence-corrected chi connectivity index (χ1v) is 3.71. The Balaban J connectivity index is 4.01. The van der Waals surface area contributed by atoms with E-state index < -0.39 is 5.00 Å². The molecule has 0 saturated carbocycles. The molecule has 0 aliphatic carbocycles. The van der Waals surface area contributed by atoms with Gasteiger partial charge in [0.15, 0.2) is 0 Å². The van der Waals surface area contributed by atoms with Crippen molar-refractivity contribution in [3.8, 4) is 0 Å². The second-order valence-corrected chi connectivity index (χ2v) is 4.71. The number of nitrogens with zero attached hydrogens (tertiary/aromatic N) is 2. The first-order chi connectivity index (χ1) is 4.21. The molecule has 0 aliphatic heterocycles. The zero-order chi connectivity index (χ0) is 8.41. The van der Waals surface area contributed by atoms with Crippen molar-refractivity contribution in [3.05, 3.63) is 0 Å². The van der Waals surface area contributed by atoms with Crippen LogP contribution in [0.3, 0.4) is 0 Å². The van der Waals surface area contributed by atoms with Crippen molar-refractivity contribution in [1.82, 2.24) is 0 Å². The molecule has 0 aromatic carbocycles. The smallest absolute Gasteiger partial charge is 0.149 e. The second-order valence-electron chi connectivity index (χ2n) is 3.78. The van der Waals surface area contributed by atoms with Gasteiger partial charge in [0.25, 0.3) is 0 Å². The summed E-state index contributed by atoms with van der Waals surface area (Å²) in [6, 6.07) is 0. The van der Waals surface area contributed by atoms with Crippen LogP contribution in [0.1, 0.15) is 34.6 Å². The number of halogens is 1. The molecule has 0 aromatic rings. The summed E-state index contributed by atoms with van der Waals surface area (Å²) in [5.41, 5.74) is -0.119. The first-order valence-electron chi connectivity index (χ1n) is 3.34. The van der Waals surface area contributed by atoms with Gasteiger partial charge in [0.2, 0.25) is 0 Å². The van der Waals surface area contributed by atoms with E-state index in [9.17, 15) is 0 Å². The lowest BCUT2D eigenvalue weighted by Crippen LogP contribution is -2.12. The molecule has 0 saturated heterocycles. The average Bonchev–Trinajstić information content (AvgIpc) is 1.57. The van der Waals surface area contributed by atoms with Crippen molar-refractivity contribution in [2.75, 3.05) is 0 Å². The minimum absolute atomic E-state index is 0.119. The van der Waals surface area contributed by atoms with Gasteiger partial charge in [-0.1, -0.05) is 11.6 Å². The highest BCUT2D eigenvalue weighted by atomic mass is 35.5. The predicted octanol–water partition coefficient (Wildman–Crippen LogP) is 3.21. The van der Waals surface area contributed by atoms with Crippen LogP contribution in [0.15, 0.2) is 10.2 Å². The van der Waals surface area contributed by atoms with E-state index in [1.807, 2.05) is 34.6 Å². The Labute approximate surface area is 67.7 Å². The van der Waals surface area contributed by atoms with Crippen molar-refractivity contribution in [1.29, 1.82) is 0 Å². The molecule has 0 fully saturated rings. The monoisotopic (exact) mass is 162 g/mol. The Hall–Kier alpha value is -0.110. The Morgan fingerprint density at radius 2 is 1.30 bits per heavy atom. The lowest BCUT2D eigenvalue weighted by Gasteiger charge is -2.13. The Bertz CT molecular complexity index is 112. The Morgan fingerprint density at radius 3 is 1.40 bits per heavy atom. The molecule has 2 nitrogen and oxygen atoms in total. The van der Waals surface area contributed by atoms with Crippen molar-refractivity contribution in [2.24, 2.45) is 10.2 Å². The van der Waals surface area contributed by atoms with Crippen LogP contribution in [-0.2, 0) is 0 Å². The van der Waals surface area contributed by atoms with Crippen LogP contribution in [0.4, 0.5) is 0 Å². The van der Waals surface area contributed by atoms with Gasteiger partial charge in [0, 0.05) is 0 Å². The molecule has 0 aromatic heterocycles. The van der Waals surface area contributed by atoms with Crippen molar-refractivity contribution >= 4 is 11.6 Å². The van der Waals surface area contributed by atoms with Gasteiger partial charge in [0.1, 0.15) is 5.00 Å². The Kier molecular flexibility index (Phi) is 2.84. The lowest BCUT2D eigenvalue weighted by molar-refractivity contribution is 0.510. The quantitative estimate of drug-likeness (QED) is 0.321. The van der Waals surface area contributed by atoms with E-state index in [1.54, 1.807) is 0 Å². The van der Waals surface area contributed by atoms with E-state index in [0.717, 1.165) is 0 Å². The summed E-state index contributed by atoms with van der Waals surface area (Å²) in [6.07, 6.45) is 0. The van der Waals surface area contributed by atoms with Crippen molar-refractivity contribution in [2.45, 2.75) is 45.2 Å². The van der Waals surface area contributed by atoms with Crippen LogP contribution in [0.25, 0.3) is 0 Å². The summed E-state index contributed by atoms with van der Waals surface area (Å²) in [5, 5.41) is 7.94. The second kappa shape index (κ2) is 2.87.